The summed E-state index contributed by atoms with van der Waals surface area (Å²) in [6.07, 6.45) is 0. The van der Waals surface area contributed by atoms with Gasteiger partial charge in [-0.05, 0) is 28.1 Å². The van der Waals surface area contributed by atoms with Gasteiger partial charge in [-0.3, -0.25) is 4.79 Å². The zero-order valence-electron chi connectivity index (χ0n) is 8.43. The summed E-state index contributed by atoms with van der Waals surface area (Å²) >= 11 is 3.41. The van der Waals surface area contributed by atoms with Crippen molar-refractivity contribution in [2.24, 2.45) is 0 Å². The fourth-order valence-corrected chi connectivity index (χ4v) is 2.38. The summed E-state index contributed by atoms with van der Waals surface area (Å²) in [5.74, 6) is 0.753. The molecule has 0 fully saturated rings. The van der Waals surface area contributed by atoms with E-state index in [-0.39, 0.29) is 5.78 Å². The van der Waals surface area contributed by atoms with Gasteiger partial charge in [0.1, 0.15) is 5.75 Å². The van der Waals surface area contributed by atoms with E-state index in [0.29, 0.717) is 5.69 Å². The molecule has 0 aliphatic heterocycles. The largest absolute Gasteiger partial charge is 0.496 e. The molecule has 0 radical (unpaired) electrons. The van der Waals surface area contributed by atoms with Crippen molar-refractivity contribution in [2.75, 3.05) is 7.11 Å². The second-order valence-electron chi connectivity index (χ2n) is 3.25. The minimum atomic E-state index is 0.000119. The summed E-state index contributed by atoms with van der Waals surface area (Å²) in [7, 11) is 1.61. The van der Waals surface area contributed by atoms with Crippen LogP contribution in [0.25, 0.3) is 10.9 Å². The highest BCUT2D eigenvalue weighted by Crippen LogP contribution is 2.34. The highest BCUT2D eigenvalue weighted by Gasteiger charge is 2.15. The minimum Gasteiger partial charge on any atom is -0.496 e. The monoisotopic (exact) mass is 267 g/mol. The van der Waals surface area contributed by atoms with Gasteiger partial charge in [-0.15, -0.1) is 0 Å². The normalized spacial score (nSPS) is 10.6. The number of aromatic nitrogens is 1. The molecule has 4 heteroatoms. The van der Waals surface area contributed by atoms with E-state index in [1.807, 2.05) is 18.2 Å². The van der Waals surface area contributed by atoms with Crippen molar-refractivity contribution in [1.29, 1.82) is 0 Å². The molecule has 0 bridgehead atoms. The lowest BCUT2D eigenvalue weighted by molar-refractivity contribution is 0.101. The number of ketones is 1. The van der Waals surface area contributed by atoms with E-state index in [9.17, 15) is 4.79 Å². The molecule has 0 saturated carbocycles. The fraction of sp³-hybridized carbons (Fsp3) is 0.182. The third-order valence-corrected chi connectivity index (χ3v) is 3.09. The van der Waals surface area contributed by atoms with Crippen LogP contribution in [0.5, 0.6) is 5.75 Å². The predicted octanol–water partition coefficient (Wildman–Crippen LogP) is 3.14. The van der Waals surface area contributed by atoms with Crippen molar-refractivity contribution >= 4 is 32.6 Å². The first-order valence-electron chi connectivity index (χ1n) is 4.50. The lowest BCUT2D eigenvalue weighted by atomic mass is 10.2. The molecule has 1 aromatic heterocycles. The standard InChI is InChI=1S/C11H10BrNO2/c1-6(14)11-10(12)9-7(13-11)4-3-5-8(9)15-2/h3-5,13H,1-2H3. The number of nitrogens with one attached hydrogen (secondary N) is 1. The third kappa shape index (κ3) is 1.55. The summed E-state index contributed by atoms with van der Waals surface area (Å²) in [6.45, 7) is 1.53. The quantitative estimate of drug-likeness (QED) is 0.850. The van der Waals surface area contributed by atoms with Gasteiger partial charge in [-0.1, -0.05) is 6.07 Å². The van der Waals surface area contributed by atoms with Crippen molar-refractivity contribution in [1.82, 2.24) is 4.98 Å². The van der Waals surface area contributed by atoms with Crippen LogP contribution in [0.2, 0.25) is 0 Å². The van der Waals surface area contributed by atoms with E-state index in [1.54, 1.807) is 7.11 Å². The first-order valence-corrected chi connectivity index (χ1v) is 5.29. The van der Waals surface area contributed by atoms with Gasteiger partial charge in [0, 0.05) is 6.92 Å². The van der Waals surface area contributed by atoms with Gasteiger partial charge in [-0.2, -0.15) is 0 Å². The first-order chi connectivity index (χ1) is 7.15. The van der Waals surface area contributed by atoms with E-state index < -0.39 is 0 Å². The van der Waals surface area contributed by atoms with Crippen molar-refractivity contribution < 1.29 is 9.53 Å². The van der Waals surface area contributed by atoms with Crippen LogP contribution in [-0.2, 0) is 0 Å². The minimum absolute atomic E-state index is 0.000119. The molecule has 1 aromatic carbocycles. The highest BCUT2D eigenvalue weighted by atomic mass is 79.9. The molecule has 0 spiro atoms. The number of halogens is 1. The molecule has 0 atom stereocenters. The number of ether oxygens (including phenoxy) is 1. The molecule has 1 N–H and O–H groups in total. The van der Waals surface area contributed by atoms with Gasteiger partial charge in [-0.25, -0.2) is 0 Å². The Morgan fingerprint density at radius 3 is 2.80 bits per heavy atom. The number of aromatic amines is 1. The van der Waals surface area contributed by atoms with Gasteiger partial charge >= 0.3 is 0 Å². The van der Waals surface area contributed by atoms with Gasteiger partial charge in [0.25, 0.3) is 0 Å². The Morgan fingerprint density at radius 2 is 2.20 bits per heavy atom. The van der Waals surface area contributed by atoms with Gasteiger partial charge < -0.3 is 9.72 Å². The van der Waals surface area contributed by atoms with Crippen LogP contribution < -0.4 is 4.74 Å². The molecule has 2 aromatic rings. The second kappa shape index (κ2) is 3.70. The van der Waals surface area contributed by atoms with Crippen LogP contribution in [0.1, 0.15) is 17.4 Å². The molecule has 0 saturated heterocycles. The maximum atomic E-state index is 11.3. The van der Waals surface area contributed by atoms with Gasteiger partial charge in [0.15, 0.2) is 5.78 Å². The number of fused-ring (bicyclic) bond motifs is 1. The van der Waals surface area contributed by atoms with Crippen LogP contribution in [0.4, 0.5) is 0 Å². The van der Waals surface area contributed by atoms with Crippen molar-refractivity contribution in [3.63, 3.8) is 0 Å². The number of Topliss-reactive ketones (excluding diaryl/α,β-unsaturated/α-hetero) is 1. The van der Waals surface area contributed by atoms with Crippen molar-refractivity contribution in [3.8, 4) is 5.75 Å². The van der Waals surface area contributed by atoms with Crippen LogP contribution in [0, 0.1) is 0 Å². The Hall–Kier alpha value is -1.29. The summed E-state index contributed by atoms with van der Waals surface area (Å²) in [5.41, 5.74) is 1.47. The SMILES string of the molecule is COc1cccc2[nH]c(C(C)=O)c(Br)c12. The van der Waals surface area contributed by atoms with Crippen molar-refractivity contribution in [2.45, 2.75) is 6.92 Å². The van der Waals surface area contributed by atoms with E-state index in [0.717, 1.165) is 21.1 Å². The Labute approximate surface area is 95.6 Å². The predicted molar refractivity (Wildman–Crippen MR) is 62.6 cm³/mol. The number of carbonyl (C=O) groups is 1. The van der Waals surface area contributed by atoms with Crippen LogP contribution in [0.3, 0.4) is 0 Å². The van der Waals surface area contributed by atoms with E-state index >= 15 is 0 Å². The molecular formula is C11H10BrNO2. The number of rotatable bonds is 2. The number of benzene rings is 1. The zero-order valence-corrected chi connectivity index (χ0v) is 10.0. The molecule has 15 heavy (non-hydrogen) atoms. The summed E-state index contributed by atoms with van der Waals surface area (Å²) in [6, 6.07) is 5.66. The Kier molecular flexibility index (Phi) is 2.52. The Bertz CT molecular complexity index is 531. The Morgan fingerprint density at radius 1 is 1.47 bits per heavy atom. The van der Waals surface area contributed by atoms with E-state index in [1.165, 1.54) is 6.92 Å². The second-order valence-corrected chi connectivity index (χ2v) is 4.05. The molecule has 0 aliphatic rings. The molecule has 78 valence electrons. The van der Waals surface area contributed by atoms with E-state index in [4.69, 9.17) is 4.74 Å². The van der Waals surface area contributed by atoms with Crippen LogP contribution in [0.15, 0.2) is 22.7 Å². The molecule has 0 unspecified atom stereocenters. The topological polar surface area (TPSA) is 42.1 Å². The summed E-state index contributed by atoms with van der Waals surface area (Å²) < 4.78 is 6.01. The molecule has 2 rings (SSSR count). The average molecular weight is 268 g/mol. The fourth-order valence-electron chi connectivity index (χ4n) is 1.59. The molecule has 3 nitrogen and oxygen atoms in total. The van der Waals surface area contributed by atoms with Crippen LogP contribution in [-0.4, -0.2) is 17.9 Å². The number of hydrogen-bond acceptors (Lipinski definition) is 2. The maximum Gasteiger partial charge on any atom is 0.177 e. The summed E-state index contributed by atoms with van der Waals surface area (Å²) in [5, 5.41) is 0.908. The smallest absolute Gasteiger partial charge is 0.177 e. The highest BCUT2D eigenvalue weighted by molar-refractivity contribution is 9.10. The third-order valence-electron chi connectivity index (χ3n) is 2.30. The maximum absolute atomic E-state index is 11.3. The van der Waals surface area contributed by atoms with E-state index in [2.05, 4.69) is 20.9 Å². The van der Waals surface area contributed by atoms with Crippen LogP contribution >= 0.6 is 15.9 Å². The first kappa shape index (κ1) is 10.2. The number of H-pyrrole nitrogens is 1. The Balaban J connectivity index is 2.82. The lowest BCUT2D eigenvalue weighted by Crippen LogP contribution is -1.91. The molecule has 0 amide bonds. The number of carbonyl (C=O) groups excluding carboxylic acids is 1. The molecular weight excluding hydrogens is 258 g/mol. The number of methoxy groups -OCH3 is 1. The summed E-state index contributed by atoms with van der Waals surface area (Å²) in [4.78, 5) is 14.4. The molecule has 1 heterocycles. The lowest BCUT2D eigenvalue weighted by Gasteiger charge is -2.00. The zero-order chi connectivity index (χ0) is 11.0. The number of hydrogen-bond donors (Lipinski definition) is 1. The van der Waals surface area contributed by atoms with Crippen molar-refractivity contribution in [3.05, 3.63) is 28.4 Å². The molecule has 0 aliphatic carbocycles. The van der Waals surface area contributed by atoms with Gasteiger partial charge in [0.05, 0.1) is 28.2 Å². The average Bonchev–Trinajstić information content (AvgIpc) is 2.56. The van der Waals surface area contributed by atoms with Gasteiger partial charge in [0.2, 0.25) is 0 Å².